The highest BCUT2D eigenvalue weighted by Gasteiger charge is 2.43. The summed E-state index contributed by atoms with van der Waals surface area (Å²) in [5.74, 6) is 0.470. The van der Waals surface area contributed by atoms with Gasteiger partial charge in [-0.25, -0.2) is 0 Å². The number of carbonyl (C=O) groups excluding carboxylic acids is 2. The SMILES string of the molecule is CC(=O)NCCNC(=O)[C@H]1CN2CC[C@@H]1C[C@@H]2Cn1cc(CN(C)Cc2ccccc2)nn1. The van der Waals surface area contributed by atoms with E-state index in [0.29, 0.717) is 25.0 Å². The molecule has 4 atom stereocenters. The number of piperidine rings is 3. The lowest BCUT2D eigenvalue weighted by Gasteiger charge is -2.49. The van der Waals surface area contributed by atoms with Crippen LogP contribution in [0.15, 0.2) is 36.5 Å². The number of rotatable bonds is 10. The van der Waals surface area contributed by atoms with Gasteiger partial charge in [-0.2, -0.15) is 0 Å². The van der Waals surface area contributed by atoms with Gasteiger partial charge in [0.05, 0.1) is 18.2 Å². The van der Waals surface area contributed by atoms with Gasteiger partial charge in [0.1, 0.15) is 0 Å². The van der Waals surface area contributed by atoms with Gasteiger partial charge in [0, 0.05) is 51.9 Å². The van der Waals surface area contributed by atoms with Crippen molar-refractivity contribution in [2.45, 2.75) is 45.4 Å². The average Bonchev–Trinajstić information content (AvgIpc) is 3.24. The molecule has 3 aliphatic heterocycles. The van der Waals surface area contributed by atoms with Crippen LogP contribution in [0.5, 0.6) is 0 Å². The van der Waals surface area contributed by atoms with Crippen molar-refractivity contribution in [3.8, 4) is 0 Å². The van der Waals surface area contributed by atoms with Crippen molar-refractivity contribution in [2.75, 3.05) is 33.2 Å². The Morgan fingerprint density at radius 1 is 1.15 bits per heavy atom. The lowest BCUT2D eigenvalue weighted by Crippen LogP contribution is -2.58. The lowest BCUT2D eigenvalue weighted by atomic mass is 9.75. The molecule has 4 heterocycles. The van der Waals surface area contributed by atoms with E-state index < -0.39 is 0 Å². The molecule has 2 N–H and O–H groups in total. The van der Waals surface area contributed by atoms with E-state index in [1.807, 2.05) is 10.7 Å². The number of carbonyl (C=O) groups is 2. The number of benzene rings is 1. The predicted octanol–water partition coefficient (Wildman–Crippen LogP) is 0.873. The standard InChI is InChI=1S/C24H35N7O2/c1-18(32)25-9-10-26-24(33)23-17-30-11-8-20(23)12-22(30)16-31-15-21(27-28-31)14-29(2)13-19-6-4-3-5-7-19/h3-7,15,20,22-23H,8-14,16-17H2,1-2H3,(H,25,32)(H,26,33)/t20-,22-,23+/m1/s1. The molecule has 0 saturated carbocycles. The summed E-state index contributed by atoms with van der Waals surface area (Å²) in [6, 6.07) is 10.8. The number of amides is 2. The van der Waals surface area contributed by atoms with Crippen LogP contribution in [0.4, 0.5) is 0 Å². The highest BCUT2D eigenvalue weighted by molar-refractivity contribution is 5.79. The Bertz CT molecular complexity index is 932. The van der Waals surface area contributed by atoms with Crippen LogP contribution in [0.2, 0.25) is 0 Å². The molecule has 0 aliphatic carbocycles. The Morgan fingerprint density at radius 2 is 1.94 bits per heavy atom. The number of nitrogens with zero attached hydrogens (tertiary/aromatic N) is 5. The van der Waals surface area contributed by atoms with Gasteiger partial charge in [-0.1, -0.05) is 35.5 Å². The van der Waals surface area contributed by atoms with Crippen molar-refractivity contribution >= 4 is 11.8 Å². The maximum absolute atomic E-state index is 12.7. The first-order valence-electron chi connectivity index (χ1n) is 11.9. The number of aromatic nitrogens is 3. The lowest BCUT2D eigenvalue weighted by molar-refractivity contribution is -0.133. The van der Waals surface area contributed by atoms with Gasteiger partial charge in [0.25, 0.3) is 0 Å². The molecule has 3 saturated heterocycles. The van der Waals surface area contributed by atoms with E-state index >= 15 is 0 Å². The maximum Gasteiger partial charge on any atom is 0.224 e. The van der Waals surface area contributed by atoms with Gasteiger partial charge in [-0.15, -0.1) is 5.10 Å². The topological polar surface area (TPSA) is 95.4 Å². The number of hydrogen-bond donors (Lipinski definition) is 2. The largest absolute Gasteiger partial charge is 0.355 e. The number of nitrogens with one attached hydrogen (secondary N) is 2. The fraction of sp³-hybridized carbons (Fsp3) is 0.583. The molecule has 1 aromatic carbocycles. The summed E-state index contributed by atoms with van der Waals surface area (Å²) < 4.78 is 1.96. The third kappa shape index (κ3) is 6.39. The maximum atomic E-state index is 12.7. The molecular weight excluding hydrogens is 418 g/mol. The molecule has 9 nitrogen and oxygen atoms in total. The van der Waals surface area contributed by atoms with Gasteiger partial charge < -0.3 is 10.6 Å². The second kappa shape index (κ2) is 10.9. The summed E-state index contributed by atoms with van der Waals surface area (Å²) in [6.07, 6.45) is 4.12. The van der Waals surface area contributed by atoms with E-state index in [1.54, 1.807) is 0 Å². The molecule has 33 heavy (non-hydrogen) atoms. The second-order valence-electron chi connectivity index (χ2n) is 9.40. The molecule has 3 aliphatic rings. The Hall–Kier alpha value is -2.78. The van der Waals surface area contributed by atoms with Crippen LogP contribution in [-0.4, -0.2) is 75.9 Å². The summed E-state index contributed by atoms with van der Waals surface area (Å²) in [5, 5.41) is 14.5. The van der Waals surface area contributed by atoms with Gasteiger partial charge in [0.15, 0.2) is 0 Å². The summed E-state index contributed by atoms with van der Waals surface area (Å²) >= 11 is 0. The van der Waals surface area contributed by atoms with Gasteiger partial charge >= 0.3 is 0 Å². The Labute approximate surface area is 195 Å². The monoisotopic (exact) mass is 453 g/mol. The van der Waals surface area contributed by atoms with Gasteiger partial charge in [-0.05, 0) is 37.9 Å². The van der Waals surface area contributed by atoms with E-state index in [9.17, 15) is 9.59 Å². The first kappa shape index (κ1) is 23.4. The zero-order valence-electron chi connectivity index (χ0n) is 19.6. The van der Waals surface area contributed by atoms with Crippen molar-refractivity contribution in [1.29, 1.82) is 0 Å². The van der Waals surface area contributed by atoms with Gasteiger partial charge in [-0.3, -0.25) is 24.1 Å². The highest BCUT2D eigenvalue weighted by atomic mass is 16.2. The zero-order valence-corrected chi connectivity index (χ0v) is 19.6. The molecular formula is C24H35N7O2. The van der Waals surface area contributed by atoms with Crippen molar-refractivity contribution in [1.82, 2.24) is 35.4 Å². The van der Waals surface area contributed by atoms with Crippen LogP contribution in [0.25, 0.3) is 0 Å². The number of hydrogen-bond acceptors (Lipinski definition) is 6. The molecule has 2 aromatic rings. The summed E-state index contributed by atoms with van der Waals surface area (Å²) in [4.78, 5) is 28.3. The molecule has 2 bridgehead atoms. The third-order valence-electron chi connectivity index (χ3n) is 6.72. The predicted molar refractivity (Wildman–Crippen MR) is 125 cm³/mol. The average molecular weight is 454 g/mol. The quantitative estimate of drug-likeness (QED) is 0.519. The Balaban J connectivity index is 1.24. The minimum absolute atomic E-state index is 0.0327. The molecule has 1 unspecified atom stereocenters. The molecule has 9 heteroatoms. The van der Waals surface area contributed by atoms with Crippen LogP contribution >= 0.6 is 0 Å². The molecule has 2 amide bonds. The van der Waals surface area contributed by atoms with E-state index in [2.05, 4.69) is 68.3 Å². The van der Waals surface area contributed by atoms with E-state index in [-0.39, 0.29) is 17.7 Å². The third-order valence-corrected chi connectivity index (χ3v) is 6.72. The Kier molecular flexibility index (Phi) is 7.72. The van der Waals surface area contributed by atoms with Crippen molar-refractivity contribution in [3.63, 3.8) is 0 Å². The van der Waals surface area contributed by atoms with Crippen LogP contribution in [-0.2, 0) is 29.2 Å². The molecule has 5 rings (SSSR count). The van der Waals surface area contributed by atoms with E-state index in [1.165, 1.54) is 12.5 Å². The second-order valence-corrected chi connectivity index (χ2v) is 9.40. The smallest absolute Gasteiger partial charge is 0.224 e. The molecule has 3 fully saturated rings. The van der Waals surface area contributed by atoms with Crippen LogP contribution in [0, 0.1) is 11.8 Å². The van der Waals surface area contributed by atoms with E-state index in [0.717, 1.165) is 51.3 Å². The van der Waals surface area contributed by atoms with Crippen molar-refractivity contribution < 1.29 is 9.59 Å². The van der Waals surface area contributed by atoms with E-state index in [4.69, 9.17) is 0 Å². The minimum Gasteiger partial charge on any atom is -0.355 e. The van der Waals surface area contributed by atoms with Crippen LogP contribution in [0.1, 0.15) is 31.0 Å². The fourth-order valence-electron chi connectivity index (χ4n) is 5.12. The first-order chi connectivity index (χ1) is 16.0. The van der Waals surface area contributed by atoms with Crippen molar-refractivity contribution in [2.24, 2.45) is 11.8 Å². The highest BCUT2D eigenvalue weighted by Crippen LogP contribution is 2.36. The van der Waals surface area contributed by atoms with Crippen LogP contribution in [0.3, 0.4) is 0 Å². The molecule has 178 valence electrons. The first-order valence-corrected chi connectivity index (χ1v) is 11.9. The van der Waals surface area contributed by atoms with Crippen molar-refractivity contribution in [3.05, 3.63) is 47.8 Å². The summed E-state index contributed by atoms with van der Waals surface area (Å²) in [7, 11) is 2.10. The zero-order chi connectivity index (χ0) is 23.2. The summed E-state index contributed by atoms with van der Waals surface area (Å²) in [5.41, 5.74) is 2.26. The molecule has 0 spiro atoms. The molecule has 1 aromatic heterocycles. The Morgan fingerprint density at radius 3 is 2.67 bits per heavy atom. The molecule has 0 radical (unpaired) electrons. The fourth-order valence-corrected chi connectivity index (χ4v) is 5.12. The van der Waals surface area contributed by atoms with Crippen LogP contribution < -0.4 is 10.6 Å². The summed E-state index contributed by atoms with van der Waals surface area (Å²) in [6.45, 7) is 6.70. The minimum atomic E-state index is -0.0750. The number of fused-ring (bicyclic) bond motifs is 3. The normalized spacial score (nSPS) is 24.1. The van der Waals surface area contributed by atoms with Gasteiger partial charge in [0.2, 0.25) is 11.8 Å².